The lowest BCUT2D eigenvalue weighted by Crippen LogP contribution is -2.52. The molecule has 0 aromatic rings. The SMILES string of the molecule is CCOC(C)(O[Si](C)(C)C)C(=O)C(C)(C)C. The van der Waals surface area contributed by atoms with Crippen LogP contribution >= 0.6 is 0 Å². The van der Waals surface area contributed by atoms with E-state index in [-0.39, 0.29) is 5.78 Å². The van der Waals surface area contributed by atoms with Gasteiger partial charge < -0.3 is 9.16 Å². The second kappa shape index (κ2) is 4.98. The molecule has 0 bridgehead atoms. The van der Waals surface area contributed by atoms with Crippen LogP contribution in [0, 0.1) is 5.41 Å². The van der Waals surface area contributed by atoms with Crippen molar-refractivity contribution in [3.05, 3.63) is 0 Å². The summed E-state index contributed by atoms with van der Waals surface area (Å²) < 4.78 is 11.5. The Morgan fingerprint density at radius 3 is 1.81 bits per heavy atom. The Bertz CT molecular complexity index is 250. The van der Waals surface area contributed by atoms with Gasteiger partial charge in [0.15, 0.2) is 14.1 Å². The van der Waals surface area contributed by atoms with Crippen molar-refractivity contribution >= 4 is 14.1 Å². The Hall–Kier alpha value is -0.193. The summed E-state index contributed by atoms with van der Waals surface area (Å²) in [6, 6.07) is 0. The molecule has 0 spiro atoms. The first-order chi connectivity index (χ1) is 6.92. The van der Waals surface area contributed by atoms with E-state index in [0.717, 1.165) is 0 Å². The number of ketones is 1. The fraction of sp³-hybridized carbons (Fsp3) is 0.917. The monoisotopic (exact) mass is 246 g/mol. The van der Waals surface area contributed by atoms with Crippen LogP contribution in [-0.4, -0.2) is 26.5 Å². The van der Waals surface area contributed by atoms with Gasteiger partial charge >= 0.3 is 0 Å². The molecule has 4 heteroatoms. The van der Waals surface area contributed by atoms with Crippen molar-refractivity contribution in [2.45, 2.75) is 60.0 Å². The summed E-state index contributed by atoms with van der Waals surface area (Å²) in [5, 5.41) is 0. The minimum Gasteiger partial charge on any atom is -0.385 e. The maximum atomic E-state index is 12.3. The van der Waals surface area contributed by atoms with Gasteiger partial charge in [0.2, 0.25) is 5.79 Å². The van der Waals surface area contributed by atoms with Crippen LogP contribution < -0.4 is 0 Å². The maximum absolute atomic E-state index is 12.3. The average molecular weight is 246 g/mol. The molecule has 0 aliphatic carbocycles. The predicted octanol–water partition coefficient (Wildman–Crippen LogP) is 3.21. The van der Waals surface area contributed by atoms with Crippen molar-refractivity contribution in [3.63, 3.8) is 0 Å². The van der Waals surface area contributed by atoms with Crippen LogP contribution in [0.1, 0.15) is 34.6 Å². The number of carbonyl (C=O) groups is 1. The second-order valence-corrected chi connectivity index (χ2v) is 10.6. The van der Waals surface area contributed by atoms with E-state index < -0.39 is 19.5 Å². The zero-order chi connectivity index (χ0) is 13.2. The third-order valence-electron chi connectivity index (χ3n) is 2.01. The van der Waals surface area contributed by atoms with Crippen molar-refractivity contribution in [1.29, 1.82) is 0 Å². The molecule has 0 heterocycles. The normalized spacial score (nSPS) is 17.0. The molecular formula is C12H26O3Si. The number of hydrogen-bond acceptors (Lipinski definition) is 3. The Balaban J connectivity index is 5.04. The number of ether oxygens (including phenoxy) is 1. The van der Waals surface area contributed by atoms with E-state index in [1.165, 1.54) is 0 Å². The molecule has 96 valence electrons. The summed E-state index contributed by atoms with van der Waals surface area (Å²) in [6.45, 7) is 15.9. The fourth-order valence-electron chi connectivity index (χ4n) is 1.68. The smallest absolute Gasteiger partial charge is 0.217 e. The van der Waals surface area contributed by atoms with Gasteiger partial charge in [0.05, 0.1) is 0 Å². The van der Waals surface area contributed by atoms with Gasteiger partial charge in [-0.25, -0.2) is 0 Å². The van der Waals surface area contributed by atoms with Crippen LogP contribution in [0.5, 0.6) is 0 Å². The van der Waals surface area contributed by atoms with Crippen molar-refractivity contribution in [1.82, 2.24) is 0 Å². The van der Waals surface area contributed by atoms with Crippen LogP contribution in [0.15, 0.2) is 0 Å². The van der Waals surface area contributed by atoms with Gasteiger partial charge in [0, 0.05) is 12.0 Å². The van der Waals surface area contributed by atoms with Crippen LogP contribution in [0.3, 0.4) is 0 Å². The molecule has 1 unspecified atom stereocenters. The maximum Gasteiger partial charge on any atom is 0.217 e. The van der Waals surface area contributed by atoms with E-state index in [1.807, 2.05) is 27.7 Å². The van der Waals surface area contributed by atoms with Crippen LogP contribution in [0.2, 0.25) is 19.6 Å². The lowest BCUT2D eigenvalue weighted by Gasteiger charge is -2.38. The number of hydrogen-bond donors (Lipinski definition) is 0. The Morgan fingerprint density at radius 2 is 1.56 bits per heavy atom. The van der Waals surface area contributed by atoms with Gasteiger partial charge in [-0.05, 0) is 33.5 Å². The Labute approximate surface area is 101 Å². The average Bonchev–Trinajstić information content (AvgIpc) is 1.98. The van der Waals surface area contributed by atoms with Crippen molar-refractivity contribution in [2.24, 2.45) is 5.41 Å². The van der Waals surface area contributed by atoms with Gasteiger partial charge in [-0.2, -0.15) is 0 Å². The highest BCUT2D eigenvalue weighted by molar-refractivity contribution is 6.70. The quantitative estimate of drug-likeness (QED) is 0.552. The van der Waals surface area contributed by atoms with E-state index >= 15 is 0 Å². The molecule has 0 amide bonds. The summed E-state index contributed by atoms with van der Waals surface area (Å²) in [5.41, 5.74) is -0.455. The van der Waals surface area contributed by atoms with Gasteiger partial charge in [-0.1, -0.05) is 20.8 Å². The minimum atomic E-state index is -1.82. The molecule has 1 atom stereocenters. The highest BCUT2D eigenvalue weighted by Crippen LogP contribution is 2.29. The molecule has 0 aliphatic heterocycles. The molecule has 0 radical (unpaired) electrons. The molecule has 0 N–H and O–H groups in total. The molecular weight excluding hydrogens is 220 g/mol. The summed E-state index contributed by atoms with van der Waals surface area (Å²) in [4.78, 5) is 12.3. The molecule has 0 rings (SSSR count). The summed E-state index contributed by atoms with van der Waals surface area (Å²) in [5.74, 6) is -1.10. The van der Waals surface area contributed by atoms with Gasteiger partial charge in [-0.3, -0.25) is 4.79 Å². The van der Waals surface area contributed by atoms with E-state index in [4.69, 9.17) is 9.16 Å². The van der Waals surface area contributed by atoms with Gasteiger partial charge in [0.25, 0.3) is 0 Å². The molecule has 3 nitrogen and oxygen atoms in total. The molecule has 0 fully saturated rings. The molecule has 0 aliphatic rings. The first-order valence-electron chi connectivity index (χ1n) is 5.81. The van der Waals surface area contributed by atoms with Crippen LogP contribution in [0.25, 0.3) is 0 Å². The van der Waals surface area contributed by atoms with Crippen LogP contribution in [0.4, 0.5) is 0 Å². The third kappa shape index (κ3) is 4.76. The molecule has 16 heavy (non-hydrogen) atoms. The Morgan fingerprint density at radius 1 is 1.12 bits per heavy atom. The highest BCUT2D eigenvalue weighted by Gasteiger charge is 2.44. The lowest BCUT2D eigenvalue weighted by atomic mass is 9.86. The topological polar surface area (TPSA) is 35.5 Å². The lowest BCUT2D eigenvalue weighted by molar-refractivity contribution is -0.195. The molecule has 0 saturated heterocycles. The molecule has 0 saturated carbocycles. The zero-order valence-corrected chi connectivity index (χ0v) is 12.9. The van der Waals surface area contributed by atoms with Crippen molar-refractivity contribution in [3.8, 4) is 0 Å². The standard InChI is InChI=1S/C12H26O3Si/c1-9-14-12(5,15-16(6,7)8)10(13)11(2,3)4/h9H2,1-8H3. The van der Waals surface area contributed by atoms with Gasteiger partial charge in [0.1, 0.15) is 0 Å². The van der Waals surface area contributed by atoms with Crippen molar-refractivity contribution < 1.29 is 14.0 Å². The van der Waals surface area contributed by atoms with Crippen molar-refractivity contribution in [2.75, 3.05) is 6.61 Å². The summed E-state index contributed by atoms with van der Waals surface area (Å²) in [7, 11) is -1.82. The van der Waals surface area contributed by atoms with E-state index in [9.17, 15) is 4.79 Å². The minimum absolute atomic E-state index is 0.00396. The second-order valence-electron chi connectivity index (χ2n) is 6.17. The first kappa shape index (κ1) is 15.8. The highest BCUT2D eigenvalue weighted by atomic mass is 28.4. The molecule has 0 aromatic heterocycles. The van der Waals surface area contributed by atoms with Crippen LogP contribution in [-0.2, 0) is 14.0 Å². The number of rotatable bonds is 5. The zero-order valence-electron chi connectivity index (χ0n) is 11.9. The largest absolute Gasteiger partial charge is 0.385 e. The summed E-state index contributed by atoms with van der Waals surface area (Å²) in [6.07, 6.45) is 0. The summed E-state index contributed by atoms with van der Waals surface area (Å²) >= 11 is 0. The number of carbonyl (C=O) groups excluding carboxylic acids is 1. The van der Waals surface area contributed by atoms with E-state index in [2.05, 4.69) is 19.6 Å². The predicted molar refractivity (Wildman–Crippen MR) is 68.9 cm³/mol. The van der Waals surface area contributed by atoms with E-state index in [1.54, 1.807) is 6.92 Å². The Kier molecular flexibility index (Phi) is 4.92. The number of Topliss-reactive ketones (excluding diaryl/α,β-unsaturated/α-hetero) is 1. The fourth-order valence-corrected chi connectivity index (χ4v) is 3.00. The van der Waals surface area contributed by atoms with E-state index in [0.29, 0.717) is 6.61 Å². The molecule has 0 aromatic carbocycles. The first-order valence-corrected chi connectivity index (χ1v) is 9.22. The third-order valence-corrected chi connectivity index (χ3v) is 3.02. The van der Waals surface area contributed by atoms with Gasteiger partial charge in [-0.15, -0.1) is 0 Å².